The predicted octanol–water partition coefficient (Wildman–Crippen LogP) is 4.00. The van der Waals surface area contributed by atoms with Crippen LogP contribution in [0.25, 0.3) is 0 Å². The minimum atomic E-state index is 0.0689. The summed E-state index contributed by atoms with van der Waals surface area (Å²) in [6, 6.07) is 12.7. The van der Waals surface area contributed by atoms with Crippen molar-refractivity contribution in [3.05, 3.63) is 59.9 Å². The molecule has 0 aliphatic heterocycles. The van der Waals surface area contributed by atoms with Gasteiger partial charge in [0.1, 0.15) is 0 Å². The molecule has 0 spiro atoms. The number of benzene rings is 1. The minimum absolute atomic E-state index is 0.0689. The molecule has 3 heteroatoms. The summed E-state index contributed by atoms with van der Waals surface area (Å²) < 4.78 is 0. The molecule has 0 bridgehead atoms. The smallest absolute Gasteiger partial charge is 0.0390 e. The number of nitrogens with zero attached hydrogens (tertiary/aromatic N) is 1. The predicted molar refractivity (Wildman–Crippen MR) is 82.4 cm³/mol. The van der Waals surface area contributed by atoms with Crippen molar-refractivity contribution in [2.24, 2.45) is 5.73 Å². The van der Waals surface area contributed by atoms with E-state index in [1.165, 1.54) is 16.0 Å². The summed E-state index contributed by atoms with van der Waals surface area (Å²) in [7, 11) is 0. The number of nitrogens with two attached hydrogens (primary N) is 1. The van der Waals surface area contributed by atoms with Crippen LogP contribution in [0.3, 0.4) is 0 Å². The normalized spacial score (nSPS) is 12.6. The van der Waals surface area contributed by atoms with E-state index in [1.54, 1.807) is 11.8 Å². The quantitative estimate of drug-likeness (QED) is 0.836. The Kier molecular flexibility index (Phi) is 5.00. The van der Waals surface area contributed by atoms with Gasteiger partial charge in [-0.3, -0.25) is 4.98 Å². The van der Waals surface area contributed by atoms with Crippen LogP contribution in [-0.4, -0.2) is 10.7 Å². The average Bonchev–Trinajstić information content (AvgIpc) is 2.46. The molecule has 2 nitrogen and oxygen atoms in total. The Labute approximate surface area is 119 Å². The number of rotatable bonds is 5. The zero-order valence-corrected chi connectivity index (χ0v) is 12.2. The number of pyridine rings is 1. The van der Waals surface area contributed by atoms with E-state index in [2.05, 4.69) is 43.1 Å². The van der Waals surface area contributed by atoms with Gasteiger partial charge >= 0.3 is 0 Å². The van der Waals surface area contributed by atoms with Crippen LogP contribution in [0.5, 0.6) is 0 Å². The highest BCUT2D eigenvalue weighted by molar-refractivity contribution is 7.99. The second-order valence-electron chi connectivity index (χ2n) is 4.92. The molecule has 1 aromatic heterocycles. The second-order valence-corrected chi connectivity index (χ2v) is 6.02. The van der Waals surface area contributed by atoms with Gasteiger partial charge in [-0.25, -0.2) is 0 Å². The monoisotopic (exact) mass is 272 g/mol. The Morgan fingerprint density at radius 2 is 1.58 bits per heavy atom. The third kappa shape index (κ3) is 4.08. The van der Waals surface area contributed by atoms with Crippen LogP contribution >= 0.6 is 11.8 Å². The number of thioether (sulfide) groups is 1. The van der Waals surface area contributed by atoms with Gasteiger partial charge in [-0.1, -0.05) is 38.1 Å². The summed E-state index contributed by atoms with van der Waals surface area (Å²) in [6.07, 6.45) is 3.62. The molecule has 100 valence electrons. The first-order valence-electron chi connectivity index (χ1n) is 6.55. The van der Waals surface area contributed by atoms with Gasteiger partial charge in [0.25, 0.3) is 0 Å². The van der Waals surface area contributed by atoms with Gasteiger partial charge in [-0.2, -0.15) is 0 Å². The maximum Gasteiger partial charge on any atom is 0.0390 e. The van der Waals surface area contributed by atoms with Crippen LogP contribution in [0.4, 0.5) is 0 Å². The van der Waals surface area contributed by atoms with Crippen molar-refractivity contribution in [2.45, 2.75) is 30.7 Å². The van der Waals surface area contributed by atoms with E-state index in [9.17, 15) is 0 Å². The molecule has 0 radical (unpaired) electrons. The van der Waals surface area contributed by atoms with Crippen LogP contribution in [-0.2, 0) is 0 Å². The van der Waals surface area contributed by atoms with Gasteiger partial charge in [0.2, 0.25) is 0 Å². The molecular formula is C16H20N2S. The minimum Gasteiger partial charge on any atom is -0.323 e. The lowest BCUT2D eigenvalue weighted by molar-refractivity contribution is 0.822. The Bertz CT molecular complexity index is 494. The van der Waals surface area contributed by atoms with E-state index in [1.807, 2.05) is 24.5 Å². The molecule has 0 aliphatic carbocycles. The lowest BCUT2D eigenvalue weighted by Crippen LogP contribution is -2.12. The highest BCUT2D eigenvalue weighted by Crippen LogP contribution is 2.24. The fourth-order valence-electron chi connectivity index (χ4n) is 1.84. The molecule has 2 N–H and O–H groups in total. The van der Waals surface area contributed by atoms with E-state index >= 15 is 0 Å². The van der Waals surface area contributed by atoms with Crippen molar-refractivity contribution < 1.29 is 0 Å². The highest BCUT2D eigenvalue weighted by Gasteiger charge is 2.07. The standard InChI is InChI=1S/C16H20N2S/c1-12(2)13-3-5-14(6-4-13)16(17)11-19-15-7-9-18-10-8-15/h3-10,12,16H,11,17H2,1-2H3. The first kappa shape index (κ1) is 14.1. The molecule has 2 rings (SSSR count). The molecule has 1 atom stereocenters. The molecule has 0 fully saturated rings. The highest BCUT2D eigenvalue weighted by atomic mass is 32.2. The van der Waals surface area contributed by atoms with E-state index in [0.29, 0.717) is 5.92 Å². The first-order valence-corrected chi connectivity index (χ1v) is 7.53. The van der Waals surface area contributed by atoms with E-state index in [0.717, 1.165) is 5.75 Å². The van der Waals surface area contributed by atoms with Gasteiger partial charge in [0.15, 0.2) is 0 Å². The van der Waals surface area contributed by atoms with Crippen LogP contribution in [0.15, 0.2) is 53.7 Å². The zero-order valence-electron chi connectivity index (χ0n) is 11.4. The summed E-state index contributed by atoms with van der Waals surface area (Å²) in [6.45, 7) is 4.41. The topological polar surface area (TPSA) is 38.9 Å². The van der Waals surface area contributed by atoms with Crippen LogP contribution in [0.2, 0.25) is 0 Å². The number of aromatic nitrogens is 1. The third-order valence-electron chi connectivity index (χ3n) is 3.11. The lowest BCUT2D eigenvalue weighted by Gasteiger charge is -2.13. The molecular weight excluding hydrogens is 252 g/mol. The van der Waals surface area contributed by atoms with Crippen LogP contribution < -0.4 is 5.73 Å². The van der Waals surface area contributed by atoms with Crippen LogP contribution in [0.1, 0.15) is 36.9 Å². The molecule has 0 aliphatic rings. The molecule has 0 amide bonds. The van der Waals surface area contributed by atoms with Gasteiger partial charge in [0, 0.05) is 29.1 Å². The SMILES string of the molecule is CC(C)c1ccc(C(N)CSc2ccncc2)cc1. The van der Waals surface area contributed by atoms with Crippen molar-refractivity contribution in [2.75, 3.05) is 5.75 Å². The summed E-state index contributed by atoms with van der Waals surface area (Å²) >= 11 is 1.77. The van der Waals surface area contributed by atoms with Crippen LogP contribution in [0, 0.1) is 0 Å². The zero-order chi connectivity index (χ0) is 13.7. The van der Waals surface area contributed by atoms with Crippen molar-refractivity contribution in [1.29, 1.82) is 0 Å². The van der Waals surface area contributed by atoms with E-state index in [-0.39, 0.29) is 6.04 Å². The Morgan fingerprint density at radius 3 is 2.16 bits per heavy atom. The molecule has 0 saturated heterocycles. The maximum atomic E-state index is 6.23. The van der Waals surface area contributed by atoms with E-state index in [4.69, 9.17) is 5.73 Å². The molecule has 1 aromatic carbocycles. The molecule has 19 heavy (non-hydrogen) atoms. The van der Waals surface area contributed by atoms with Gasteiger partial charge in [-0.15, -0.1) is 11.8 Å². The Hall–Kier alpha value is -1.32. The van der Waals surface area contributed by atoms with Crippen molar-refractivity contribution >= 4 is 11.8 Å². The maximum absolute atomic E-state index is 6.23. The Balaban J connectivity index is 1.94. The summed E-state index contributed by atoms with van der Waals surface area (Å²) in [5, 5.41) is 0. The summed E-state index contributed by atoms with van der Waals surface area (Å²) in [4.78, 5) is 5.22. The number of hydrogen-bond acceptors (Lipinski definition) is 3. The van der Waals surface area contributed by atoms with E-state index < -0.39 is 0 Å². The van der Waals surface area contributed by atoms with Crippen molar-refractivity contribution in [3.63, 3.8) is 0 Å². The fraction of sp³-hybridized carbons (Fsp3) is 0.312. The lowest BCUT2D eigenvalue weighted by atomic mass is 10.00. The Morgan fingerprint density at radius 1 is 1.00 bits per heavy atom. The van der Waals surface area contributed by atoms with Gasteiger partial charge < -0.3 is 5.73 Å². The second kappa shape index (κ2) is 6.73. The molecule has 0 saturated carbocycles. The average molecular weight is 272 g/mol. The van der Waals surface area contributed by atoms with Gasteiger partial charge in [-0.05, 0) is 29.2 Å². The third-order valence-corrected chi connectivity index (χ3v) is 4.24. The number of hydrogen-bond donors (Lipinski definition) is 1. The largest absolute Gasteiger partial charge is 0.323 e. The fourth-order valence-corrected chi connectivity index (χ4v) is 2.72. The molecule has 1 heterocycles. The van der Waals surface area contributed by atoms with Crippen molar-refractivity contribution in [3.8, 4) is 0 Å². The van der Waals surface area contributed by atoms with Crippen molar-refractivity contribution in [1.82, 2.24) is 4.98 Å². The summed E-state index contributed by atoms with van der Waals surface area (Å²) in [5.41, 5.74) is 8.79. The summed E-state index contributed by atoms with van der Waals surface area (Å²) in [5.74, 6) is 1.45. The first-order chi connectivity index (χ1) is 9.16. The molecule has 1 unspecified atom stereocenters. The molecule has 2 aromatic rings. The van der Waals surface area contributed by atoms with Gasteiger partial charge in [0.05, 0.1) is 0 Å².